The van der Waals surface area contributed by atoms with E-state index in [1.165, 1.54) is 36.7 Å². The molecule has 3 aromatic rings. The standard InChI is InChI=1S/C25H26N2O6S/c1-31-23-15-14-21(17-24(23)32-2)34(29,30)27-16-6-9-22(27)25(28)26-18-10-12-20(13-11-18)33-19-7-4-3-5-8-19/h3-5,7-8,10-15,17,22H,6,9,16H2,1-2H3,(H,26,28). The second-order valence-corrected chi connectivity index (χ2v) is 9.61. The van der Waals surface area contributed by atoms with Gasteiger partial charge in [-0.05, 0) is 61.4 Å². The van der Waals surface area contributed by atoms with E-state index >= 15 is 0 Å². The van der Waals surface area contributed by atoms with Gasteiger partial charge in [0, 0.05) is 18.3 Å². The van der Waals surface area contributed by atoms with Gasteiger partial charge >= 0.3 is 0 Å². The molecule has 178 valence electrons. The third kappa shape index (κ3) is 5.00. The topological polar surface area (TPSA) is 94.2 Å². The molecule has 0 radical (unpaired) electrons. The molecule has 4 rings (SSSR count). The summed E-state index contributed by atoms with van der Waals surface area (Å²) in [4.78, 5) is 13.1. The first-order chi connectivity index (χ1) is 16.4. The molecule has 1 saturated heterocycles. The minimum atomic E-state index is -3.91. The van der Waals surface area contributed by atoms with E-state index in [4.69, 9.17) is 14.2 Å². The van der Waals surface area contributed by atoms with E-state index in [1.54, 1.807) is 24.3 Å². The maximum atomic E-state index is 13.3. The summed E-state index contributed by atoms with van der Waals surface area (Å²) in [5.41, 5.74) is 0.556. The molecule has 34 heavy (non-hydrogen) atoms. The van der Waals surface area contributed by atoms with Crippen molar-refractivity contribution in [2.75, 3.05) is 26.1 Å². The number of hydrogen-bond acceptors (Lipinski definition) is 6. The molecular weight excluding hydrogens is 456 g/mol. The molecule has 1 heterocycles. The van der Waals surface area contributed by atoms with Gasteiger partial charge in [0.25, 0.3) is 0 Å². The maximum Gasteiger partial charge on any atom is 0.243 e. The number of amides is 1. The highest BCUT2D eigenvalue weighted by molar-refractivity contribution is 7.89. The number of sulfonamides is 1. The number of nitrogens with one attached hydrogen (secondary N) is 1. The van der Waals surface area contributed by atoms with Crippen LogP contribution >= 0.6 is 0 Å². The van der Waals surface area contributed by atoms with Gasteiger partial charge in [-0.25, -0.2) is 8.42 Å². The van der Waals surface area contributed by atoms with Crippen LogP contribution in [0.4, 0.5) is 5.69 Å². The van der Waals surface area contributed by atoms with Gasteiger partial charge in [0.05, 0.1) is 19.1 Å². The second kappa shape index (κ2) is 10.1. The lowest BCUT2D eigenvalue weighted by atomic mass is 10.2. The van der Waals surface area contributed by atoms with Crippen LogP contribution in [-0.2, 0) is 14.8 Å². The van der Waals surface area contributed by atoms with Crippen molar-refractivity contribution in [2.45, 2.75) is 23.8 Å². The Hall–Kier alpha value is -3.56. The van der Waals surface area contributed by atoms with Crippen molar-refractivity contribution >= 4 is 21.6 Å². The Morgan fingerprint density at radius 3 is 2.26 bits per heavy atom. The number of benzene rings is 3. The van der Waals surface area contributed by atoms with E-state index < -0.39 is 16.1 Å². The lowest BCUT2D eigenvalue weighted by Gasteiger charge is -2.24. The molecule has 1 fully saturated rings. The Kier molecular flexibility index (Phi) is 7.04. The summed E-state index contributed by atoms with van der Waals surface area (Å²) < 4.78 is 44.1. The van der Waals surface area contributed by atoms with Crippen LogP contribution < -0.4 is 19.5 Å². The summed E-state index contributed by atoms with van der Waals surface area (Å²) >= 11 is 0. The van der Waals surface area contributed by atoms with Crippen LogP contribution in [0.3, 0.4) is 0 Å². The molecule has 1 unspecified atom stereocenters. The Balaban J connectivity index is 1.47. The van der Waals surface area contributed by atoms with E-state index in [0.717, 1.165) is 0 Å². The van der Waals surface area contributed by atoms with Gasteiger partial charge in [0.1, 0.15) is 17.5 Å². The first kappa shape index (κ1) is 23.6. The van der Waals surface area contributed by atoms with E-state index in [2.05, 4.69) is 5.32 Å². The average Bonchev–Trinajstić information content (AvgIpc) is 3.37. The lowest BCUT2D eigenvalue weighted by Crippen LogP contribution is -2.43. The van der Waals surface area contributed by atoms with Gasteiger partial charge in [0.2, 0.25) is 15.9 Å². The SMILES string of the molecule is COc1ccc(S(=O)(=O)N2CCCC2C(=O)Nc2ccc(Oc3ccccc3)cc2)cc1OC. The predicted octanol–water partition coefficient (Wildman–Crippen LogP) is 4.29. The number of rotatable bonds is 8. The Bertz CT molecular complexity index is 1250. The molecule has 3 aromatic carbocycles. The molecule has 9 heteroatoms. The van der Waals surface area contributed by atoms with Crippen molar-refractivity contribution in [2.24, 2.45) is 0 Å². The minimum absolute atomic E-state index is 0.0484. The number of anilines is 1. The molecule has 1 aliphatic heterocycles. The fraction of sp³-hybridized carbons (Fsp3) is 0.240. The van der Waals surface area contributed by atoms with Crippen molar-refractivity contribution < 1.29 is 27.4 Å². The van der Waals surface area contributed by atoms with Gasteiger partial charge in [-0.1, -0.05) is 18.2 Å². The van der Waals surface area contributed by atoms with Gasteiger partial charge in [-0.3, -0.25) is 4.79 Å². The molecule has 8 nitrogen and oxygen atoms in total. The number of hydrogen-bond donors (Lipinski definition) is 1. The summed E-state index contributed by atoms with van der Waals surface area (Å²) in [7, 11) is -0.987. The van der Waals surface area contributed by atoms with Crippen LogP contribution in [-0.4, -0.2) is 45.4 Å². The van der Waals surface area contributed by atoms with Gasteiger partial charge < -0.3 is 19.5 Å². The van der Waals surface area contributed by atoms with Crippen LogP contribution in [0, 0.1) is 0 Å². The van der Waals surface area contributed by atoms with Crippen LogP contribution in [0.25, 0.3) is 0 Å². The Morgan fingerprint density at radius 1 is 0.912 bits per heavy atom. The quantitative estimate of drug-likeness (QED) is 0.515. The van der Waals surface area contributed by atoms with Gasteiger partial charge in [-0.15, -0.1) is 0 Å². The summed E-state index contributed by atoms with van der Waals surface area (Å²) in [6.45, 7) is 0.263. The van der Waals surface area contributed by atoms with Crippen LogP contribution in [0.2, 0.25) is 0 Å². The van der Waals surface area contributed by atoms with Crippen LogP contribution in [0.15, 0.2) is 77.7 Å². The minimum Gasteiger partial charge on any atom is -0.493 e. The molecule has 0 spiro atoms. The first-order valence-electron chi connectivity index (χ1n) is 10.8. The third-order valence-corrected chi connectivity index (χ3v) is 7.47. The zero-order valence-corrected chi connectivity index (χ0v) is 19.7. The monoisotopic (exact) mass is 482 g/mol. The highest BCUT2D eigenvalue weighted by Gasteiger charge is 2.39. The fourth-order valence-corrected chi connectivity index (χ4v) is 5.53. The number of nitrogens with zero attached hydrogens (tertiary/aromatic N) is 1. The summed E-state index contributed by atoms with van der Waals surface area (Å²) in [5, 5.41) is 2.82. The predicted molar refractivity (Wildman–Crippen MR) is 128 cm³/mol. The van der Waals surface area contributed by atoms with Crippen LogP contribution in [0.5, 0.6) is 23.0 Å². The third-order valence-electron chi connectivity index (χ3n) is 5.57. The van der Waals surface area contributed by atoms with Gasteiger partial charge in [-0.2, -0.15) is 4.31 Å². The Labute approximate surface area is 199 Å². The zero-order valence-electron chi connectivity index (χ0n) is 18.9. The smallest absolute Gasteiger partial charge is 0.243 e. The molecule has 0 aromatic heterocycles. The molecule has 1 atom stereocenters. The number of carbonyl (C=O) groups excluding carboxylic acids is 1. The lowest BCUT2D eigenvalue weighted by molar-refractivity contribution is -0.119. The van der Waals surface area contributed by atoms with Crippen molar-refractivity contribution in [1.29, 1.82) is 0 Å². The fourth-order valence-electron chi connectivity index (χ4n) is 3.86. The number of para-hydroxylation sites is 1. The molecule has 1 N–H and O–H groups in total. The largest absolute Gasteiger partial charge is 0.493 e. The molecule has 0 aliphatic carbocycles. The summed E-state index contributed by atoms with van der Waals surface area (Å²) in [6.07, 6.45) is 1.03. The number of carbonyl (C=O) groups is 1. The highest BCUT2D eigenvalue weighted by Crippen LogP contribution is 2.33. The summed E-state index contributed by atoms with van der Waals surface area (Å²) in [6, 6.07) is 19.9. The zero-order chi connectivity index (χ0) is 24.1. The number of methoxy groups -OCH3 is 2. The van der Waals surface area contributed by atoms with Gasteiger partial charge in [0.15, 0.2) is 11.5 Å². The van der Waals surface area contributed by atoms with E-state index in [-0.39, 0.29) is 17.3 Å². The molecule has 0 saturated carbocycles. The molecule has 0 bridgehead atoms. The number of ether oxygens (including phenoxy) is 3. The summed E-state index contributed by atoms with van der Waals surface area (Å²) in [5.74, 6) is 1.70. The average molecular weight is 483 g/mol. The van der Waals surface area contributed by atoms with Crippen molar-refractivity contribution in [3.8, 4) is 23.0 Å². The van der Waals surface area contributed by atoms with Crippen LogP contribution in [0.1, 0.15) is 12.8 Å². The van der Waals surface area contributed by atoms with E-state index in [0.29, 0.717) is 41.5 Å². The normalized spacial score (nSPS) is 16.1. The first-order valence-corrected chi connectivity index (χ1v) is 12.2. The molecular formula is C25H26N2O6S. The molecule has 1 amide bonds. The molecule has 1 aliphatic rings. The van der Waals surface area contributed by atoms with Crippen molar-refractivity contribution in [3.63, 3.8) is 0 Å². The highest BCUT2D eigenvalue weighted by atomic mass is 32.2. The maximum absolute atomic E-state index is 13.3. The second-order valence-electron chi connectivity index (χ2n) is 7.72. The van der Waals surface area contributed by atoms with E-state index in [1.807, 2.05) is 30.3 Å². The Morgan fingerprint density at radius 2 is 1.59 bits per heavy atom. The van der Waals surface area contributed by atoms with Crippen molar-refractivity contribution in [1.82, 2.24) is 4.31 Å². The van der Waals surface area contributed by atoms with E-state index in [9.17, 15) is 13.2 Å². The van der Waals surface area contributed by atoms with Crippen molar-refractivity contribution in [3.05, 3.63) is 72.8 Å².